The van der Waals surface area contributed by atoms with Crippen LogP contribution in [0.3, 0.4) is 0 Å². The van der Waals surface area contributed by atoms with Gasteiger partial charge in [-0.1, -0.05) is 12.1 Å². The molecule has 3 aromatic rings. The van der Waals surface area contributed by atoms with Crippen LogP contribution in [-0.4, -0.2) is 78.9 Å². The van der Waals surface area contributed by atoms with Crippen molar-refractivity contribution in [2.45, 2.75) is 24.4 Å². The fourth-order valence-electron chi connectivity index (χ4n) is 3.55. The number of nitrogens with one attached hydrogen (secondary N) is 1. The van der Waals surface area contributed by atoms with Gasteiger partial charge in [-0.25, -0.2) is 0 Å². The third-order valence-electron chi connectivity index (χ3n) is 5.54. The molecule has 9 nitrogen and oxygen atoms in total. The summed E-state index contributed by atoms with van der Waals surface area (Å²) in [6.07, 6.45) is 0. The van der Waals surface area contributed by atoms with Crippen LogP contribution in [0.15, 0.2) is 54.6 Å². The van der Waals surface area contributed by atoms with Crippen molar-refractivity contribution in [2.24, 2.45) is 0 Å². The van der Waals surface area contributed by atoms with Gasteiger partial charge in [0.05, 0.1) is 20.3 Å². The Kier molecular flexibility index (Phi) is 11.9. The molecule has 1 N–H and O–H groups in total. The molecule has 2 radical (unpaired) electrons. The molecule has 0 bridgehead atoms. The summed E-state index contributed by atoms with van der Waals surface area (Å²) in [5.74, 6) is 1.74. The summed E-state index contributed by atoms with van der Waals surface area (Å²) < 4.78 is 28.8. The second-order valence-corrected chi connectivity index (χ2v) is 14.2. The number of pyridine rings is 1. The molecule has 1 amide bonds. The molecule has 3 rings (SSSR count). The van der Waals surface area contributed by atoms with Crippen LogP contribution in [-0.2, 0) is 11.3 Å². The van der Waals surface area contributed by atoms with Crippen molar-refractivity contribution in [1.82, 2.24) is 10.3 Å². The number of hydrogen-bond acceptors (Lipinski definition) is 8. The molecule has 2 aromatic carbocycles. The van der Waals surface area contributed by atoms with E-state index in [0.717, 1.165) is 15.0 Å². The summed E-state index contributed by atoms with van der Waals surface area (Å²) in [7, 11) is 4.73. The van der Waals surface area contributed by atoms with Crippen molar-refractivity contribution < 1.29 is 33.3 Å². The van der Waals surface area contributed by atoms with E-state index in [1.54, 1.807) is 44.6 Å². The molecule has 0 aliphatic rings. The summed E-state index contributed by atoms with van der Waals surface area (Å²) in [6, 6.07) is 15.9. The molecule has 1 aromatic heterocycles. The van der Waals surface area contributed by atoms with Gasteiger partial charge in [-0.2, -0.15) is 0 Å². The molecule has 0 aliphatic heterocycles. The number of carbonyl (C=O) groups is 2. The standard InChI is InChI=1S/C26H27N2O7.C3H7.Sn/c1-31-20-7-4-18(5-8-20)17-34-12-13-35-24-11-6-19(14-25(24)33-3)26(30)28-16-23(29)22-10-9-21(32-2)15-27-22;1-3-2;/h4-11,14H,12-13,16-17H2,1-3H3,(H,28,30);3H,1-2H3;. The Hall–Kier alpha value is -3.31. The molecule has 0 saturated heterocycles. The second-order valence-electron chi connectivity index (χ2n) is 8.77. The minimum absolute atomic E-state index is 0.170. The number of ether oxygens (including phenoxy) is 5. The normalized spacial score (nSPS) is 10.7. The molecule has 1 heterocycles. The predicted octanol–water partition coefficient (Wildman–Crippen LogP) is 3.47. The molecular formula is C29H34N2O7Sn. The van der Waals surface area contributed by atoms with Gasteiger partial charge in [0.15, 0.2) is 0 Å². The van der Waals surface area contributed by atoms with E-state index >= 15 is 0 Å². The number of methoxy groups -OCH3 is 3. The smallest absolute Gasteiger partial charge is 0.0530 e. The number of nitrogens with zero attached hydrogens (tertiary/aromatic N) is 1. The van der Waals surface area contributed by atoms with Gasteiger partial charge in [0.25, 0.3) is 0 Å². The second kappa shape index (κ2) is 15.3. The minimum Gasteiger partial charge on any atom is -0.0530 e. The number of amides is 1. The summed E-state index contributed by atoms with van der Waals surface area (Å²) in [5.41, 5.74) is 1.70. The average Bonchev–Trinajstić information content (AvgIpc) is 2.95. The molecule has 0 spiro atoms. The molecule has 39 heavy (non-hydrogen) atoms. The number of benzene rings is 2. The van der Waals surface area contributed by atoms with Gasteiger partial charge >= 0.3 is 168 Å². The van der Waals surface area contributed by atoms with Crippen LogP contribution in [0.2, 0.25) is 3.93 Å². The van der Waals surface area contributed by atoms with Crippen LogP contribution in [0.25, 0.3) is 0 Å². The van der Waals surface area contributed by atoms with Gasteiger partial charge in [-0.15, -0.1) is 0 Å². The average molecular weight is 641 g/mol. The van der Waals surface area contributed by atoms with E-state index in [1.165, 1.54) is 7.11 Å². The summed E-state index contributed by atoms with van der Waals surface area (Å²) in [6.45, 7) is 5.26. The Bertz CT molecular complexity index is 1250. The zero-order chi connectivity index (χ0) is 28.2. The monoisotopic (exact) mass is 642 g/mol. The summed E-state index contributed by atoms with van der Waals surface area (Å²) in [5, 5.41) is 2.67. The summed E-state index contributed by atoms with van der Waals surface area (Å²) in [4.78, 5) is 30.0. The Labute approximate surface area is 239 Å². The first-order valence-electron chi connectivity index (χ1n) is 12.5. The number of Topliss-reactive ketones (excluding diaryl/α,β-unsaturated/α-hetero) is 1. The van der Waals surface area contributed by atoms with Crippen molar-refractivity contribution >= 4 is 36.5 Å². The number of ketones is 1. The maximum atomic E-state index is 12.7. The van der Waals surface area contributed by atoms with E-state index in [1.807, 2.05) is 24.3 Å². The topological polar surface area (TPSA) is 105 Å². The van der Waals surface area contributed by atoms with Crippen LogP contribution >= 0.6 is 0 Å². The number of rotatable bonds is 15. The number of aromatic nitrogens is 1. The van der Waals surface area contributed by atoms with E-state index < -0.39 is 27.0 Å². The third kappa shape index (κ3) is 9.14. The fourth-order valence-corrected chi connectivity index (χ4v) is 6.57. The molecule has 0 saturated carbocycles. The Balaban J connectivity index is 1.50. The van der Waals surface area contributed by atoms with Crippen molar-refractivity contribution in [2.75, 3.05) is 41.1 Å². The molecule has 206 valence electrons. The van der Waals surface area contributed by atoms with Gasteiger partial charge in [-0.3, -0.25) is 0 Å². The zero-order valence-electron chi connectivity index (χ0n) is 22.9. The van der Waals surface area contributed by atoms with Crippen LogP contribution in [0, 0.1) is 0 Å². The summed E-state index contributed by atoms with van der Waals surface area (Å²) >= 11 is -0.998. The number of carbonyl (C=O) groups excluding carboxylic acids is 2. The quantitative estimate of drug-likeness (QED) is 0.153. The first kappa shape index (κ1) is 30.2. The van der Waals surface area contributed by atoms with E-state index in [2.05, 4.69) is 24.1 Å². The van der Waals surface area contributed by atoms with Crippen LogP contribution in [0.5, 0.6) is 23.0 Å². The van der Waals surface area contributed by atoms with Crippen molar-refractivity contribution in [1.29, 1.82) is 0 Å². The Morgan fingerprint density at radius 1 is 0.872 bits per heavy atom. The third-order valence-corrected chi connectivity index (χ3v) is 8.99. The van der Waals surface area contributed by atoms with Gasteiger partial charge in [0, 0.05) is 0 Å². The zero-order valence-corrected chi connectivity index (χ0v) is 25.8. The van der Waals surface area contributed by atoms with E-state index in [4.69, 9.17) is 23.7 Å². The molecule has 0 aliphatic carbocycles. The Morgan fingerprint density at radius 2 is 1.59 bits per heavy atom. The van der Waals surface area contributed by atoms with Crippen molar-refractivity contribution in [3.05, 3.63) is 71.4 Å². The molecule has 10 heteroatoms. The first-order valence-corrected chi connectivity index (χ1v) is 15.6. The van der Waals surface area contributed by atoms with Gasteiger partial charge in [0.1, 0.15) is 12.4 Å². The van der Waals surface area contributed by atoms with Crippen LogP contribution in [0.1, 0.15) is 40.3 Å². The van der Waals surface area contributed by atoms with Crippen LogP contribution < -0.4 is 28.0 Å². The SMILES string of the molecule is COc1ccc(COCCOc2ccc(C(=O)NCC(=O)c3ccc(OC)[c]([Sn][CH](C)C)n3)cc2OC)cc1. The molecule has 0 unspecified atom stereocenters. The van der Waals surface area contributed by atoms with E-state index in [9.17, 15) is 9.59 Å². The molecule has 0 atom stereocenters. The van der Waals surface area contributed by atoms with Crippen molar-refractivity contribution in [3.63, 3.8) is 0 Å². The Morgan fingerprint density at radius 3 is 2.26 bits per heavy atom. The van der Waals surface area contributed by atoms with Gasteiger partial charge in [0.2, 0.25) is 0 Å². The first-order chi connectivity index (χ1) is 18.8. The predicted molar refractivity (Wildman–Crippen MR) is 149 cm³/mol. The number of hydrogen-bond donors (Lipinski definition) is 1. The van der Waals surface area contributed by atoms with Crippen molar-refractivity contribution in [3.8, 4) is 23.0 Å². The maximum absolute atomic E-state index is 12.7. The van der Waals surface area contributed by atoms with Gasteiger partial charge in [-0.05, 0) is 17.7 Å². The molecule has 0 fully saturated rings. The molecular weight excluding hydrogens is 607 g/mol. The van der Waals surface area contributed by atoms with Gasteiger partial charge < -0.3 is 9.47 Å². The van der Waals surface area contributed by atoms with E-state index in [0.29, 0.717) is 52.3 Å². The fraction of sp³-hybridized carbons (Fsp3) is 0.345. The minimum atomic E-state index is -0.998. The van der Waals surface area contributed by atoms with E-state index in [-0.39, 0.29) is 12.3 Å². The van der Waals surface area contributed by atoms with Crippen LogP contribution in [0.4, 0.5) is 0 Å².